The summed E-state index contributed by atoms with van der Waals surface area (Å²) in [6.45, 7) is 0. The van der Waals surface area contributed by atoms with E-state index in [9.17, 15) is 21.4 Å². The third kappa shape index (κ3) is 8.63. The van der Waals surface area contributed by atoms with Crippen LogP contribution in [0.15, 0.2) is 5.16 Å². The molecular weight excluding hydrogens is 333 g/mol. The number of thioether (sulfide) groups is 1. The van der Waals surface area contributed by atoms with Gasteiger partial charge in [0.25, 0.3) is 0 Å². The van der Waals surface area contributed by atoms with Crippen molar-refractivity contribution >= 4 is 48.6 Å². The minimum atomic E-state index is -4.25. The molecule has 0 aliphatic rings. The van der Waals surface area contributed by atoms with E-state index in [0.29, 0.717) is 0 Å². The van der Waals surface area contributed by atoms with Gasteiger partial charge in [0.05, 0.1) is 16.4 Å². The molecule has 0 unspecified atom stereocenters. The van der Waals surface area contributed by atoms with Crippen LogP contribution in [0.3, 0.4) is 0 Å². The minimum absolute atomic E-state index is 0. The van der Waals surface area contributed by atoms with Gasteiger partial charge in [-0.3, -0.25) is 4.72 Å². The molecule has 0 saturated heterocycles. The Morgan fingerprint density at radius 1 is 1.39 bits per heavy atom. The van der Waals surface area contributed by atoms with Crippen LogP contribution in [0, 0.1) is 0 Å². The molecule has 0 amide bonds. The van der Waals surface area contributed by atoms with Crippen LogP contribution in [0.2, 0.25) is 0 Å². The Bertz CT molecular complexity index is 582. The van der Waals surface area contributed by atoms with Crippen LogP contribution in [0.5, 0.6) is 0 Å². The first-order valence-electron chi connectivity index (χ1n) is 4.03. The van der Waals surface area contributed by atoms with Gasteiger partial charge in [0.15, 0.2) is 0 Å². The van der Waals surface area contributed by atoms with Crippen LogP contribution < -0.4 is 34.3 Å². The number of sulfonamides is 1. The summed E-state index contributed by atoms with van der Waals surface area (Å²) in [6, 6.07) is 0. The molecule has 1 aromatic heterocycles. The Labute approximate surface area is 135 Å². The van der Waals surface area contributed by atoms with Crippen LogP contribution in [0.1, 0.15) is 0 Å². The second-order valence-corrected chi connectivity index (χ2v) is 7.95. The number of aromatic nitrogens is 2. The zero-order valence-electron chi connectivity index (χ0n) is 9.48. The quantitative estimate of drug-likeness (QED) is 0.321. The molecule has 0 aromatic carbocycles. The van der Waals surface area contributed by atoms with E-state index in [4.69, 9.17) is 0 Å². The van der Waals surface area contributed by atoms with Crippen molar-refractivity contribution in [2.24, 2.45) is 0 Å². The maximum Gasteiger partial charge on any atom is 1.00 e. The van der Waals surface area contributed by atoms with Gasteiger partial charge in [-0.2, -0.15) is 9.36 Å². The summed E-state index contributed by atoms with van der Waals surface area (Å²) in [5.41, 5.74) is 0. The summed E-state index contributed by atoms with van der Waals surface area (Å²) in [4.78, 5) is 3.80. The monoisotopic (exact) mass is 341 g/mol. The molecule has 0 radical (unpaired) electrons. The molecule has 0 saturated carbocycles. The number of nitrogens with one attached hydrogen (secondary N) is 1. The fraction of sp³-hybridized carbons (Fsp3) is 0.600. The van der Waals surface area contributed by atoms with Crippen molar-refractivity contribution in [3.8, 4) is 0 Å². The molecule has 0 spiro atoms. The predicted molar refractivity (Wildman–Crippen MR) is 63.7 cm³/mol. The summed E-state index contributed by atoms with van der Waals surface area (Å²) in [6.07, 6.45) is 0.977. The van der Waals surface area contributed by atoms with E-state index < -0.39 is 25.9 Å². The number of hydrogen-bond donors (Lipinski definition) is 1. The number of hydrogen-bond acceptors (Lipinski definition) is 9. The average Bonchev–Trinajstić information content (AvgIpc) is 2.46. The van der Waals surface area contributed by atoms with Gasteiger partial charge in [0, 0.05) is 23.0 Å². The first kappa shape index (κ1) is 18.6. The maximum absolute atomic E-state index is 10.9. The van der Waals surface area contributed by atoms with Gasteiger partial charge in [-0.1, -0.05) is 11.8 Å². The molecule has 0 aliphatic heterocycles. The Morgan fingerprint density at radius 3 is 2.50 bits per heavy atom. The van der Waals surface area contributed by atoms with E-state index in [1.54, 1.807) is 0 Å². The van der Waals surface area contributed by atoms with Gasteiger partial charge < -0.3 is 4.55 Å². The van der Waals surface area contributed by atoms with Gasteiger partial charge in [0.2, 0.25) is 20.3 Å². The fourth-order valence-corrected chi connectivity index (χ4v) is 3.87. The third-order valence-electron chi connectivity index (χ3n) is 1.24. The summed E-state index contributed by atoms with van der Waals surface area (Å²) in [5.74, 6) is -0.493. The standard InChI is InChI=1S/C5H9N3O5S4.Na/c1-16(9,10)8-5-6-4(7-15-5)14-2-3-17(11,12)13;/h2-3H2,1H3,(H,6,7,8)(H,11,12,13);/q;+1/p-1. The Balaban J connectivity index is 0.00000289. The molecular formula is C5H8N3NaO5S4. The molecule has 0 aliphatic carbocycles. The summed E-state index contributed by atoms with van der Waals surface area (Å²) < 4.78 is 58.6. The molecule has 0 bridgehead atoms. The molecule has 0 atom stereocenters. The first-order chi connectivity index (χ1) is 7.66. The Morgan fingerprint density at radius 2 is 2.00 bits per heavy atom. The summed E-state index contributed by atoms with van der Waals surface area (Å²) in [5, 5.41) is 0.324. The van der Waals surface area contributed by atoms with E-state index >= 15 is 0 Å². The fourth-order valence-electron chi connectivity index (χ4n) is 0.704. The van der Waals surface area contributed by atoms with E-state index in [1.807, 2.05) is 0 Å². The first-order valence-corrected chi connectivity index (χ1v) is 9.26. The number of anilines is 1. The van der Waals surface area contributed by atoms with E-state index in [-0.39, 0.29) is 45.6 Å². The second kappa shape index (κ2) is 7.38. The van der Waals surface area contributed by atoms with Gasteiger partial charge in [-0.25, -0.2) is 16.8 Å². The number of nitrogens with zero attached hydrogens (tertiary/aromatic N) is 2. The summed E-state index contributed by atoms with van der Waals surface area (Å²) >= 11 is 1.80. The van der Waals surface area contributed by atoms with Crippen molar-refractivity contribution in [2.45, 2.75) is 5.16 Å². The largest absolute Gasteiger partial charge is 1.00 e. The van der Waals surface area contributed by atoms with Crippen LogP contribution in [0.25, 0.3) is 0 Å². The van der Waals surface area contributed by atoms with Gasteiger partial charge >= 0.3 is 29.6 Å². The zero-order chi connectivity index (χ0) is 13.1. The van der Waals surface area contributed by atoms with E-state index in [2.05, 4.69) is 14.1 Å². The maximum atomic E-state index is 10.9. The van der Waals surface area contributed by atoms with Crippen LogP contribution >= 0.6 is 23.3 Å². The van der Waals surface area contributed by atoms with Crippen molar-refractivity contribution < 1.29 is 50.9 Å². The van der Waals surface area contributed by atoms with Crippen LogP contribution in [-0.2, 0) is 20.1 Å². The van der Waals surface area contributed by atoms with Crippen molar-refractivity contribution in [3.63, 3.8) is 0 Å². The van der Waals surface area contributed by atoms with Crippen molar-refractivity contribution in [2.75, 3.05) is 22.5 Å². The molecule has 0 fully saturated rings. The second-order valence-electron chi connectivity index (χ2n) is 2.87. The van der Waals surface area contributed by atoms with Crippen LogP contribution in [0.4, 0.5) is 5.13 Å². The van der Waals surface area contributed by atoms with Crippen molar-refractivity contribution in [3.05, 3.63) is 0 Å². The van der Waals surface area contributed by atoms with E-state index in [1.165, 1.54) is 0 Å². The summed E-state index contributed by atoms with van der Waals surface area (Å²) in [7, 11) is -7.66. The smallest absolute Gasteiger partial charge is 0.748 e. The minimum Gasteiger partial charge on any atom is -0.748 e. The van der Waals surface area contributed by atoms with Crippen molar-refractivity contribution in [1.82, 2.24) is 9.36 Å². The van der Waals surface area contributed by atoms with Crippen molar-refractivity contribution in [1.29, 1.82) is 0 Å². The molecule has 98 valence electrons. The van der Waals surface area contributed by atoms with Gasteiger partial charge in [0.1, 0.15) is 0 Å². The number of rotatable bonds is 6. The SMILES string of the molecule is CS(=O)(=O)Nc1nc(SCCS(=O)(=O)[O-])ns1.[Na+]. The van der Waals surface area contributed by atoms with Gasteiger partial charge in [-0.05, 0) is 0 Å². The third-order valence-corrected chi connectivity index (χ3v) is 4.50. The Kier molecular flexibility index (Phi) is 7.61. The molecule has 1 heterocycles. The molecule has 18 heavy (non-hydrogen) atoms. The molecule has 13 heteroatoms. The van der Waals surface area contributed by atoms with Gasteiger partial charge in [-0.15, -0.1) is 0 Å². The molecule has 1 rings (SSSR count). The average molecular weight is 341 g/mol. The van der Waals surface area contributed by atoms with E-state index in [0.717, 1.165) is 29.6 Å². The zero-order valence-corrected chi connectivity index (χ0v) is 14.7. The predicted octanol–water partition coefficient (Wildman–Crippen LogP) is -3.45. The van der Waals surface area contributed by atoms with Crippen LogP contribution in [-0.4, -0.2) is 48.5 Å². The topological polar surface area (TPSA) is 129 Å². The Hall–Kier alpha value is 0.570. The molecule has 8 nitrogen and oxygen atoms in total. The normalized spacial score (nSPS) is 11.9. The molecule has 1 aromatic rings. The molecule has 1 N–H and O–H groups in total.